The highest BCUT2D eigenvalue weighted by Gasteiger charge is 2.20. The topological polar surface area (TPSA) is 89.1 Å². The fourth-order valence-electron chi connectivity index (χ4n) is 4.25. The Labute approximate surface area is 227 Å². The van der Waals surface area contributed by atoms with Crippen LogP contribution in [0, 0.1) is 0 Å². The van der Waals surface area contributed by atoms with Crippen LogP contribution in [0.5, 0.6) is 5.75 Å². The zero-order chi connectivity index (χ0) is 26.7. The second-order valence-electron chi connectivity index (χ2n) is 8.93. The third-order valence-electron chi connectivity index (χ3n) is 6.18. The number of hydrogen-bond acceptors (Lipinski definition) is 5. The summed E-state index contributed by atoms with van der Waals surface area (Å²) in [6.07, 6.45) is 2.39. The molecular weight excluding hydrogens is 488 g/mol. The van der Waals surface area contributed by atoms with Crippen LogP contribution in [0.25, 0.3) is 22.5 Å². The molecule has 0 radical (unpaired) electrons. The van der Waals surface area contributed by atoms with Gasteiger partial charge in [-0.25, -0.2) is 0 Å². The minimum Gasteiger partial charge on any atom is -0.490 e. The molecule has 2 N–H and O–H groups in total. The molecule has 2 heterocycles. The van der Waals surface area contributed by atoms with Crippen LogP contribution in [0.15, 0.2) is 109 Å². The smallest absolute Gasteiger partial charge is 0.252 e. The number of aromatic amines is 1. The summed E-state index contributed by atoms with van der Waals surface area (Å²) >= 11 is 0. The van der Waals surface area contributed by atoms with E-state index in [1.54, 1.807) is 12.3 Å². The van der Waals surface area contributed by atoms with Crippen molar-refractivity contribution in [2.45, 2.75) is 13.0 Å². The zero-order valence-electron chi connectivity index (χ0n) is 21.5. The maximum Gasteiger partial charge on any atom is 0.252 e. The number of nitrogens with one attached hydrogen (secondary N) is 2. The molecule has 5 rings (SSSR count). The number of ether oxygens (including phenoxy) is 2. The maximum atomic E-state index is 13.3. The molecule has 0 aliphatic heterocycles. The number of rotatable bonds is 12. The quantitative estimate of drug-likeness (QED) is 0.207. The van der Waals surface area contributed by atoms with Crippen molar-refractivity contribution in [3.8, 4) is 28.3 Å². The number of aromatic nitrogens is 3. The zero-order valence-corrected chi connectivity index (χ0v) is 21.5. The first-order chi connectivity index (χ1) is 19.3. The lowest BCUT2D eigenvalue weighted by Crippen LogP contribution is -2.26. The summed E-state index contributed by atoms with van der Waals surface area (Å²) < 4.78 is 11.9. The molecule has 0 saturated heterocycles. The number of H-pyrrole nitrogens is 1. The molecule has 3 aromatic carbocycles. The van der Waals surface area contributed by atoms with Crippen LogP contribution in [-0.4, -0.2) is 40.8 Å². The molecule has 0 saturated carbocycles. The standard InChI is InChI=1S/C32H30N4O3/c37-32(34-19-17-26-14-7-8-18-33-26)27-15-9-16-30(39-21-20-38-23-24-10-3-1-4-11-24)31(27)29-22-28(35-36-29)25-12-5-2-6-13-25/h1-16,18,22H,17,19-21,23H2,(H,34,37)(H,35,36). The van der Waals surface area contributed by atoms with E-state index in [-0.39, 0.29) is 5.91 Å². The van der Waals surface area contributed by atoms with Gasteiger partial charge in [-0.05, 0) is 35.9 Å². The monoisotopic (exact) mass is 518 g/mol. The Morgan fingerprint density at radius 3 is 2.44 bits per heavy atom. The van der Waals surface area contributed by atoms with Crippen LogP contribution in [0.1, 0.15) is 21.6 Å². The van der Waals surface area contributed by atoms with Crippen molar-refractivity contribution in [1.82, 2.24) is 20.5 Å². The highest BCUT2D eigenvalue weighted by Crippen LogP contribution is 2.34. The van der Waals surface area contributed by atoms with E-state index in [0.717, 1.165) is 22.5 Å². The molecule has 0 aliphatic rings. The van der Waals surface area contributed by atoms with Crippen LogP contribution in [0.3, 0.4) is 0 Å². The molecule has 7 nitrogen and oxygen atoms in total. The largest absolute Gasteiger partial charge is 0.490 e. The van der Waals surface area contributed by atoms with Crippen molar-refractivity contribution in [1.29, 1.82) is 0 Å². The summed E-state index contributed by atoms with van der Waals surface area (Å²) in [4.78, 5) is 17.7. The Balaban J connectivity index is 1.33. The van der Waals surface area contributed by atoms with E-state index in [2.05, 4.69) is 20.5 Å². The Morgan fingerprint density at radius 2 is 1.64 bits per heavy atom. The number of nitrogens with zero attached hydrogens (tertiary/aromatic N) is 2. The van der Waals surface area contributed by atoms with E-state index in [9.17, 15) is 4.79 Å². The van der Waals surface area contributed by atoms with Crippen molar-refractivity contribution in [2.75, 3.05) is 19.8 Å². The molecule has 0 unspecified atom stereocenters. The van der Waals surface area contributed by atoms with Crippen LogP contribution >= 0.6 is 0 Å². The van der Waals surface area contributed by atoms with Crippen molar-refractivity contribution >= 4 is 5.91 Å². The van der Waals surface area contributed by atoms with Crippen molar-refractivity contribution < 1.29 is 14.3 Å². The SMILES string of the molecule is O=C(NCCc1ccccn1)c1cccc(OCCOCc2ccccc2)c1-c1cc(-c2ccccc2)n[nH]1. The summed E-state index contributed by atoms with van der Waals surface area (Å²) in [5.41, 5.74) is 5.65. The van der Waals surface area contributed by atoms with Crippen LogP contribution < -0.4 is 10.1 Å². The molecule has 0 bridgehead atoms. The van der Waals surface area contributed by atoms with Gasteiger partial charge in [-0.1, -0.05) is 72.8 Å². The predicted octanol–water partition coefficient (Wildman–Crippen LogP) is 5.71. The number of carbonyl (C=O) groups excluding carboxylic acids is 1. The lowest BCUT2D eigenvalue weighted by Gasteiger charge is -2.15. The summed E-state index contributed by atoms with van der Waals surface area (Å²) in [5, 5.41) is 10.6. The molecule has 7 heteroatoms. The number of pyridine rings is 1. The molecule has 2 aromatic heterocycles. The van der Waals surface area contributed by atoms with E-state index in [1.807, 2.05) is 97.1 Å². The van der Waals surface area contributed by atoms with Gasteiger partial charge in [-0.2, -0.15) is 5.10 Å². The Hall–Kier alpha value is -4.75. The van der Waals surface area contributed by atoms with Gasteiger partial charge in [0, 0.05) is 30.4 Å². The third kappa shape index (κ3) is 6.97. The van der Waals surface area contributed by atoms with Crippen molar-refractivity contribution in [2.24, 2.45) is 0 Å². The normalized spacial score (nSPS) is 10.8. The summed E-state index contributed by atoms with van der Waals surface area (Å²) in [7, 11) is 0. The lowest BCUT2D eigenvalue weighted by molar-refractivity contribution is 0.0889. The molecular formula is C32H30N4O3. The van der Waals surface area contributed by atoms with Gasteiger partial charge >= 0.3 is 0 Å². The second-order valence-corrected chi connectivity index (χ2v) is 8.93. The van der Waals surface area contributed by atoms with Crippen LogP contribution in [-0.2, 0) is 17.8 Å². The average molecular weight is 519 g/mol. The molecule has 39 heavy (non-hydrogen) atoms. The van der Waals surface area contributed by atoms with Crippen LogP contribution in [0.2, 0.25) is 0 Å². The number of amides is 1. The van der Waals surface area contributed by atoms with Gasteiger partial charge < -0.3 is 14.8 Å². The summed E-state index contributed by atoms with van der Waals surface area (Å²) in [6, 6.07) is 33.1. The molecule has 196 valence electrons. The van der Waals surface area contributed by atoms with E-state index >= 15 is 0 Å². The van der Waals surface area contributed by atoms with Gasteiger partial charge in [0.15, 0.2) is 0 Å². The first kappa shape index (κ1) is 25.9. The molecule has 1 amide bonds. The first-order valence-corrected chi connectivity index (χ1v) is 12.9. The van der Waals surface area contributed by atoms with E-state index in [4.69, 9.17) is 9.47 Å². The van der Waals surface area contributed by atoms with Gasteiger partial charge in [0.25, 0.3) is 5.91 Å². The minimum atomic E-state index is -0.192. The fraction of sp³-hybridized carbons (Fsp3) is 0.156. The number of hydrogen-bond donors (Lipinski definition) is 2. The predicted molar refractivity (Wildman–Crippen MR) is 151 cm³/mol. The van der Waals surface area contributed by atoms with Gasteiger partial charge in [0.05, 0.1) is 35.7 Å². The van der Waals surface area contributed by atoms with E-state index in [0.29, 0.717) is 55.4 Å². The second kappa shape index (κ2) is 13.2. The highest BCUT2D eigenvalue weighted by atomic mass is 16.5. The Bertz CT molecular complexity index is 1470. The molecule has 0 spiro atoms. The number of benzene rings is 3. The molecule has 0 atom stereocenters. The minimum absolute atomic E-state index is 0.192. The van der Waals surface area contributed by atoms with Crippen LogP contribution in [0.4, 0.5) is 0 Å². The maximum absolute atomic E-state index is 13.3. The summed E-state index contributed by atoms with van der Waals surface area (Å²) in [5.74, 6) is 0.390. The lowest BCUT2D eigenvalue weighted by atomic mass is 10.0. The van der Waals surface area contributed by atoms with Crippen molar-refractivity contribution in [3.05, 3.63) is 126 Å². The molecule has 0 fully saturated rings. The molecule has 0 aliphatic carbocycles. The highest BCUT2D eigenvalue weighted by molar-refractivity contribution is 6.02. The third-order valence-corrected chi connectivity index (χ3v) is 6.18. The number of carbonyl (C=O) groups is 1. The van der Waals surface area contributed by atoms with Gasteiger partial charge in [0.2, 0.25) is 0 Å². The van der Waals surface area contributed by atoms with Gasteiger partial charge in [0.1, 0.15) is 12.4 Å². The fourth-order valence-corrected chi connectivity index (χ4v) is 4.25. The first-order valence-electron chi connectivity index (χ1n) is 12.9. The Kier molecular flexibility index (Phi) is 8.74. The average Bonchev–Trinajstić information content (AvgIpc) is 3.48. The van der Waals surface area contributed by atoms with Crippen molar-refractivity contribution in [3.63, 3.8) is 0 Å². The van der Waals surface area contributed by atoms with Gasteiger partial charge in [-0.15, -0.1) is 0 Å². The molecule has 5 aromatic rings. The van der Waals surface area contributed by atoms with E-state index < -0.39 is 0 Å². The van der Waals surface area contributed by atoms with Gasteiger partial charge in [-0.3, -0.25) is 14.9 Å². The van der Waals surface area contributed by atoms with E-state index in [1.165, 1.54) is 0 Å². The Morgan fingerprint density at radius 1 is 0.846 bits per heavy atom. The summed E-state index contributed by atoms with van der Waals surface area (Å²) in [6.45, 7) is 1.72.